The summed E-state index contributed by atoms with van der Waals surface area (Å²) in [6.07, 6.45) is 4.14. The molecule has 0 atom stereocenters. The average Bonchev–Trinajstić information content (AvgIpc) is 3.36. The Morgan fingerprint density at radius 1 is 1.12 bits per heavy atom. The summed E-state index contributed by atoms with van der Waals surface area (Å²) < 4.78 is 8.82. The van der Waals surface area contributed by atoms with Crippen molar-refractivity contribution in [2.24, 2.45) is 0 Å². The fourth-order valence-electron chi connectivity index (χ4n) is 3.01. The smallest absolute Gasteiger partial charge is 0.228 e. The fourth-order valence-corrected chi connectivity index (χ4v) is 4.33. The summed E-state index contributed by atoms with van der Waals surface area (Å²) in [6.45, 7) is 2.76. The summed E-state index contributed by atoms with van der Waals surface area (Å²) in [5.74, 6) is 2.73. The molecule has 0 N–H and O–H groups in total. The summed E-state index contributed by atoms with van der Waals surface area (Å²) in [7, 11) is 0. The highest BCUT2D eigenvalue weighted by molar-refractivity contribution is 9.10. The van der Waals surface area contributed by atoms with Crippen LogP contribution in [0.1, 0.15) is 24.2 Å². The molecule has 0 radical (unpaired) electrons. The van der Waals surface area contributed by atoms with Crippen LogP contribution in [-0.4, -0.2) is 27.9 Å². The summed E-state index contributed by atoms with van der Waals surface area (Å²) in [5, 5.41) is 9.86. The molecule has 0 spiro atoms. The van der Waals surface area contributed by atoms with Crippen LogP contribution in [0.4, 0.5) is 5.95 Å². The van der Waals surface area contributed by atoms with Gasteiger partial charge in [-0.05, 0) is 42.7 Å². The summed E-state index contributed by atoms with van der Waals surface area (Å²) >= 11 is 5.24. The second-order valence-corrected chi connectivity index (χ2v) is 7.92. The Balaban J connectivity index is 1.57. The Kier molecular flexibility index (Phi) is 5.12. The van der Waals surface area contributed by atoms with Crippen LogP contribution in [0.3, 0.4) is 0 Å². The van der Waals surface area contributed by atoms with Crippen molar-refractivity contribution in [1.82, 2.24) is 14.8 Å². The fraction of sp³-hybridized carbons (Fsp3) is 0.333. The van der Waals surface area contributed by atoms with E-state index in [1.807, 2.05) is 18.2 Å². The second-order valence-electron chi connectivity index (χ2n) is 6.06. The van der Waals surface area contributed by atoms with Gasteiger partial charge in [-0.15, -0.1) is 10.2 Å². The minimum Gasteiger partial charge on any atom is -0.467 e. The lowest BCUT2D eigenvalue weighted by molar-refractivity contribution is 0.483. The highest BCUT2D eigenvalue weighted by Crippen LogP contribution is 2.28. The molecule has 1 aliphatic rings. The molecule has 0 aliphatic carbocycles. The number of thioether (sulfide) groups is 1. The maximum Gasteiger partial charge on any atom is 0.228 e. The third-order valence-corrected chi connectivity index (χ3v) is 5.77. The number of furan rings is 1. The van der Waals surface area contributed by atoms with Gasteiger partial charge in [0.1, 0.15) is 5.76 Å². The monoisotopic (exact) mass is 418 g/mol. The first kappa shape index (κ1) is 16.7. The molecule has 5 nitrogen and oxygen atoms in total. The SMILES string of the molecule is Brc1cccc(CSc2nnc(N3CCCC3)n2Cc2ccco2)c1. The van der Waals surface area contributed by atoms with Crippen LogP contribution in [0.15, 0.2) is 56.7 Å². The normalized spacial score (nSPS) is 14.4. The number of anilines is 1. The zero-order chi connectivity index (χ0) is 17.1. The molecule has 3 aromatic rings. The molecule has 1 fully saturated rings. The standard InChI is InChI=1S/C18H19BrN4OS/c19-15-6-3-5-14(11-15)13-25-18-21-20-17(22-8-1-2-9-22)23(18)12-16-7-4-10-24-16/h3-7,10-11H,1-2,8-9,12-13H2. The molecule has 7 heteroatoms. The first-order valence-corrected chi connectivity index (χ1v) is 10.2. The van der Waals surface area contributed by atoms with E-state index in [0.29, 0.717) is 6.54 Å². The van der Waals surface area contributed by atoms with E-state index in [0.717, 1.165) is 40.2 Å². The van der Waals surface area contributed by atoms with Crippen molar-refractivity contribution in [1.29, 1.82) is 0 Å². The van der Waals surface area contributed by atoms with Gasteiger partial charge in [0, 0.05) is 23.3 Å². The quantitative estimate of drug-likeness (QED) is 0.548. The third kappa shape index (κ3) is 3.93. The van der Waals surface area contributed by atoms with E-state index in [9.17, 15) is 0 Å². The van der Waals surface area contributed by atoms with Gasteiger partial charge in [0.2, 0.25) is 5.95 Å². The van der Waals surface area contributed by atoms with Crippen LogP contribution in [0.5, 0.6) is 0 Å². The molecule has 3 heterocycles. The van der Waals surface area contributed by atoms with Crippen molar-refractivity contribution < 1.29 is 4.42 Å². The van der Waals surface area contributed by atoms with Gasteiger partial charge in [-0.3, -0.25) is 4.57 Å². The molecule has 25 heavy (non-hydrogen) atoms. The molecule has 130 valence electrons. The Bertz CT molecular complexity index is 827. The van der Waals surface area contributed by atoms with Crippen LogP contribution >= 0.6 is 27.7 Å². The molecule has 4 rings (SSSR count). The van der Waals surface area contributed by atoms with Crippen molar-refractivity contribution in [3.8, 4) is 0 Å². The zero-order valence-corrected chi connectivity index (χ0v) is 16.2. The van der Waals surface area contributed by atoms with E-state index in [1.54, 1.807) is 18.0 Å². The van der Waals surface area contributed by atoms with Crippen molar-refractivity contribution in [3.63, 3.8) is 0 Å². The van der Waals surface area contributed by atoms with Gasteiger partial charge >= 0.3 is 0 Å². The van der Waals surface area contributed by atoms with E-state index in [-0.39, 0.29) is 0 Å². The van der Waals surface area contributed by atoms with Crippen molar-refractivity contribution >= 4 is 33.6 Å². The third-order valence-electron chi connectivity index (χ3n) is 4.24. The van der Waals surface area contributed by atoms with Crippen LogP contribution in [-0.2, 0) is 12.3 Å². The minimum atomic E-state index is 0.659. The minimum absolute atomic E-state index is 0.659. The van der Waals surface area contributed by atoms with Crippen LogP contribution in [0.2, 0.25) is 0 Å². The molecule has 0 amide bonds. The van der Waals surface area contributed by atoms with Crippen LogP contribution in [0.25, 0.3) is 0 Å². The average molecular weight is 419 g/mol. The Hall–Kier alpha value is -1.73. The number of rotatable bonds is 6. The number of nitrogens with zero attached hydrogens (tertiary/aromatic N) is 4. The maximum absolute atomic E-state index is 5.55. The predicted octanol–water partition coefficient (Wildman–Crippen LogP) is 4.57. The molecule has 2 aromatic heterocycles. The topological polar surface area (TPSA) is 47.1 Å². The van der Waals surface area contributed by atoms with E-state index < -0.39 is 0 Å². The number of hydrogen-bond acceptors (Lipinski definition) is 5. The molecule has 0 bridgehead atoms. The van der Waals surface area contributed by atoms with Crippen molar-refractivity contribution in [2.45, 2.75) is 30.3 Å². The number of benzene rings is 1. The molecule has 1 saturated heterocycles. The molecule has 1 aliphatic heterocycles. The van der Waals surface area contributed by atoms with E-state index in [2.05, 4.69) is 53.8 Å². The highest BCUT2D eigenvalue weighted by atomic mass is 79.9. The number of halogens is 1. The Morgan fingerprint density at radius 2 is 2.00 bits per heavy atom. The lowest BCUT2D eigenvalue weighted by atomic mass is 10.2. The van der Waals surface area contributed by atoms with Crippen LogP contribution in [0, 0.1) is 0 Å². The summed E-state index contributed by atoms with van der Waals surface area (Å²) in [4.78, 5) is 2.32. The lowest BCUT2D eigenvalue weighted by Gasteiger charge is -2.17. The van der Waals surface area contributed by atoms with Gasteiger partial charge in [-0.25, -0.2) is 0 Å². The summed E-state index contributed by atoms with van der Waals surface area (Å²) in [6, 6.07) is 12.3. The van der Waals surface area contributed by atoms with E-state index in [4.69, 9.17) is 4.42 Å². The van der Waals surface area contributed by atoms with Gasteiger partial charge in [-0.2, -0.15) is 0 Å². The Morgan fingerprint density at radius 3 is 2.76 bits per heavy atom. The molecule has 0 unspecified atom stereocenters. The lowest BCUT2D eigenvalue weighted by Crippen LogP contribution is -2.22. The van der Waals surface area contributed by atoms with E-state index in [1.165, 1.54) is 18.4 Å². The van der Waals surface area contributed by atoms with E-state index >= 15 is 0 Å². The van der Waals surface area contributed by atoms with Gasteiger partial charge in [0.25, 0.3) is 0 Å². The highest BCUT2D eigenvalue weighted by Gasteiger charge is 2.22. The second kappa shape index (κ2) is 7.66. The molecular formula is C18H19BrN4OS. The zero-order valence-electron chi connectivity index (χ0n) is 13.8. The van der Waals surface area contributed by atoms with Gasteiger partial charge < -0.3 is 9.32 Å². The van der Waals surface area contributed by atoms with Gasteiger partial charge in [0.15, 0.2) is 5.16 Å². The van der Waals surface area contributed by atoms with Crippen molar-refractivity contribution in [2.75, 3.05) is 18.0 Å². The predicted molar refractivity (Wildman–Crippen MR) is 103 cm³/mol. The number of hydrogen-bond donors (Lipinski definition) is 0. The first-order chi connectivity index (χ1) is 12.3. The first-order valence-electron chi connectivity index (χ1n) is 8.37. The Labute approximate surface area is 159 Å². The number of aromatic nitrogens is 3. The van der Waals surface area contributed by atoms with Gasteiger partial charge in [0.05, 0.1) is 12.8 Å². The molecule has 1 aromatic carbocycles. The van der Waals surface area contributed by atoms with Crippen molar-refractivity contribution in [3.05, 3.63) is 58.5 Å². The van der Waals surface area contributed by atoms with Crippen LogP contribution < -0.4 is 4.90 Å². The maximum atomic E-state index is 5.55. The van der Waals surface area contributed by atoms with Gasteiger partial charge in [-0.1, -0.05) is 39.8 Å². The largest absolute Gasteiger partial charge is 0.467 e. The molecule has 0 saturated carbocycles. The molecular weight excluding hydrogens is 400 g/mol. The summed E-state index contributed by atoms with van der Waals surface area (Å²) in [5.41, 5.74) is 1.26.